The SMILES string of the molecule is CCCCCCc1ccc(-c2sc(-c3ccccc3)nc2S(=O)(=O)Nc2ccc(CCNCC(O)c3ccccn3)cc2)cc1. The number of anilines is 1. The lowest BCUT2D eigenvalue weighted by atomic mass is 10.0. The summed E-state index contributed by atoms with van der Waals surface area (Å²) in [5, 5.41) is 14.2. The predicted octanol–water partition coefficient (Wildman–Crippen LogP) is 7.66. The molecule has 7 nitrogen and oxygen atoms in total. The lowest BCUT2D eigenvalue weighted by Crippen LogP contribution is -2.24. The molecule has 2 aromatic heterocycles. The highest BCUT2D eigenvalue weighted by Crippen LogP contribution is 2.38. The first-order chi connectivity index (χ1) is 21.9. The third-order valence-corrected chi connectivity index (χ3v) is 10.2. The number of nitrogens with one attached hydrogen (secondary N) is 2. The molecule has 0 aliphatic heterocycles. The van der Waals surface area contributed by atoms with Gasteiger partial charge in [0.25, 0.3) is 10.0 Å². The molecule has 45 heavy (non-hydrogen) atoms. The van der Waals surface area contributed by atoms with Crippen molar-refractivity contribution in [2.24, 2.45) is 0 Å². The minimum atomic E-state index is -3.98. The molecule has 0 amide bonds. The van der Waals surface area contributed by atoms with Crippen LogP contribution in [0.3, 0.4) is 0 Å². The summed E-state index contributed by atoms with van der Waals surface area (Å²) in [6.45, 7) is 3.27. The summed E-state index contributed by atoms with van der Waals surface area (Å²) in [6, 6.07) is 30.7. The van der Waals surface area contributed by atoms with Crippen molar-refractivity contribution >= 4 is 27.0 Å². The van der Waals surface area contributed by atoms with Crippen LogP contribution in [0, 0.1) is 0 Å². The van der Waals surface area contributed by atoms with Crippen LogP contribution in [-0.4, -0.2) is 36.6 Å². The van der Waals surface area contributed by atoms with Crippen molar-refractivity contribution in [2.75, 3.05) is 17.8 Å². The molecule has 1 atom stereocenters. The van der Waals surface area contributed by atoms with E-state index in [-0.39, 0.29) is 5.03 Å². The second kappa shape index (κ2) is 15.9. The van der Waals surface area contributed by atoms with E-state index in [4.69, 9.17) is 0 Å². The lowest BCUT2D eigenvalue weighted by molar-refractivity contribution is 0.170. The van der Waals surface area contributed by atoms with Crippen LogP contribution in [-0.2, 0) is 22.9 Å². The molecular weight excluding hydrogens is 601 g/mol. The van der Waals surface area contributed by atoms with Crippen molar-refractivity contribution < 1.29 is 13.5 Å². The minimum absolute atomic E-state index is 0.0294. The molecule has 2 heterocycles. The van der Waals surface area contributed by atoms with Gasteiger partial charge < -0.3 is 10.4 Å². The Morgan fingerprint density at radius 3 is 2.22 bits per heavy atom. The van der Waals surface area contributed by atoms with Crippen LogP contribution in [0.1, 0.15) is 55.5 Å². The average molecular weight is 641 g/mol. The van der Waals surface area contributed by atoms with Gasteiger partial charge in [0, 0.05) is 24.0 Å². The summed E-state index contributed by atoms with van der Waals surface area (Å²) in [5.74, 6) is 0. The standard InChI is InChI=1S/C36H40N4O3S2/c1-2-3-4-6-11-27-15-19-29(20-16-27)34-36(39-35(44-34)30-12-7-5-8-13-30)45(42,43)40-31-21-17-28(18-22-31)23-25-37-26-33(41)32-14-9-10-24-38-32/h5,7-10,12-22,24,33,37,40-41H,2-4,6,11,23,25-26H2,1H3. The van der Waals surface area contributed by atoms with Gasteiger partial charge in [-0.05, 0) is 66.8 Å². The second-order valence-electron chi connectivity index (χ2n) is 11.1. The third-order valence-electron chi connectivity index (χ3n) is 7.57. The van der Waals surface area contributed by atoms with Crippen LogP contribution in [0.25, 0.3) is 21.0 Å². The van der Waals surface area contributed by atoms with E-state index in [0.29, 0.717) is 34.4 Å². The second-order valence-corrected chi connectivity index (χ2v) is 13.7. The minimum Gasteiger partial charge on any atom is -0.385 e. The Hall–Kier alpha value is -3.89. The number of sulfonamides is 1. The van der Waals surface area contributed by atoms with E-state index in [2.05, 4.69) is 39.1 Å². The molecule has 5 aromatic rings. The van der Waals surface area contributed by atoms with Gasteiger partial charge in [0.1, 0.15) is 11.1 Å². The number of benzene rings is 3. The number of aromatic nitrogens is 2. The van der Waals surface area contributed by atoms with Crippen molar-refractivity contribution in [3.05, 3.63) is 120 Å². The van der Waals surface area contributed by atoms with Gasteiger partial charge in [-0.3, -0.25) is 9.71 Å². The largest absolute Gasteiger partial charge is 0.385 e. The zero-order chi connectivity index (χ0) is 31.5. The van der Waals surface area contributed by atoms with Crippen LogP contribution in [0.4, 0.5) is 5.69 Å². The molecule has 0 saturated carbocycles. The number of aliphatic hydroxyl groups excluding tert-OH is 1. The fourth-order valence-corrected chi connectivity index (χ4v) is 7.65. The highest BCUT2D eigenvalue weighted by molar-refractivity contribution is 7.93. The van der Waals surface area contributed by atoms with E-state index in [1.807, 2.05) is 66.7 Å². The van der Waals surface area contributed by atoms with Crippen molar-refractivity contribution in [3.8, 4) is 21.0 Å². The van der Waals surface area contributed by atoms with Gasteiger partial charge in [-0.25, -0.2) is 4.98 Å². The summed E-state index contributed by atoms with van der Waals surface area (Å²) in [7, 11) is -3.98. The van der Waals surface area contributed by atoms with Crippen LogP contribution >= 0.6 is 11.3 Å². The summed E-state index contributed by atoms with van der Waals surface area (Å²) < 4.78 is 30.3. The van der Waals surface area contributed by atoms with Crippen molar-refractivity contribution in [1.29, 1.82) is 0 Å². The highest BCUT2D eigenvalue weighted by Gasteiger charge is 2.26. The molecule has 3 N–H and O–H groups in total. The summed E-state index contributed by atoms with van der Waals surface area (Å²) in [4.78, 5) is 9.46. The maximum absolute atomic E-state index is 13.8. The molecule has 0 radical (unpaired) electrons. The highest BCUT2D eigenvalue weighted by atomic mass is 32.2. The quantitative estimate of drug-likeness (QED) is 0.0957. The fourth-order valence-electron chi connectivity index (χ4n) is 5.05. The number of unbranched alkanes of at least 4 members (excludes halogenated alkanes) is 3. The molecule has 9 heteroatoms. The van der Waals surface area contributed by atoms with Crippen LogP contribution in [0.5, 0.6) is 0 Å². The Morgan fingerprint density at radius 1 is 0.800 bits per heavy atom. The number of rotatable bonds is 16. The Bertz CT molecular complexity index is 1730. The first-order valence-corrected chi connectivity index (χ1v) is 17.8. The normalized spacial score (nSPS) is 12.2. The Balaban J connectivity index is 1.27. The maximum atomic E-state index is 13.8. The number of thiazole rings is 1. The van der Waals surface area contributed by atoms with Crippen LogP contribution < -0.4 is 10.0 Å². The smallest absolute Gasteiger partial charge is 0.280 e. The zero-order valence-electron chi connectivity index (χ0n) is 25.5. The molecular formula is C36H40N4O3S2. The van der Waals surface area contributed by atoms with Gasteiger partial charge in [0.05, 0.1) is 10.6 Å². The first-order valence-electron chi connectivity index (χ1n) is 15.5. The van der Waals surface area contributed by atoms with Gasteiger partial charge in [0.15, 0.2) is 5.03 Å². The number of aryl methyl sites for hydroxylation is 1. The fraction of sp³-hybridized carbons (Fsp3) is 0.278. The number of pyridine rings is 1. The Kier molecular flexibility index (Phi) is 11.5. The Morgan fingerprint density at radius 2 is 1.51 bits per heavy atom. The molecule has 0 fully saturated rings. The number of hydrogen-bond donors (Lipinski definition) is 3. The number of hydrogen-bond acceptors (Lipinski definition) is 7. The van der Waals surface area contributed by atoms with Crippen LogP contribution in [0.2, 0.25) is 0 Å². The summed E-state index contributed by atoms with van der Waals surface area (Å²) in [5.41, 5.74) is 5.13. The zero-order valence-corrected chi connectivity index (χ0v) is 27.2. The van der Waals surface area contributed by atoms with E-state index in [0.717, 1.165) is 36.0 Å². The van der Waals surface area contributed by atoms with E-state index in [9.17, 15) is 13.5 Å². The van der Waals surface area contributed by atoms with Crippen molar-refractivity contribution in [2.45, 2.75) is 56.6 Å². The monoisotopic (exact) mass is 640 g/mol. The van der Waals surface area contributed by atoms with E-state index in [1.165, 1.54) is 36.2 Å². The van der Waals surface area contributed by atoms with Crippen molar-refractivity contribution in [3.63, 3.8) is 0 Å². The molecule has 0 saturated heterocycles. The first kappa shape index (κ1) is 32.5. The topological polar surface area (TPSA) is 104 Å². The maximum Gasteiger partial charge on any atom is 0.280 e. The van der Waals surface area contributed by atoms with Gasteiger partial charge in [-0.15, -0.1) is 11.3 Å². The summed E-state index contributed by atoms with van der Waals surface area (Å²) >= 11 is 1.39. The van der Waals surface area contributed by atoms with E-state index in [1.54, 1.807) is 24.4 Å². The number of nitrogens with zero attached hydrogens (tertiary/aromatic N) is 2. The molecule has 0 bridgehead atoms. The molecule has 234 valence electrons. The number of aliphatic hydroxyl groups is 1. The van der Waals surface area contributed by atoms with E-state index < -0.39 is 16.1 Å². The van der Waals surface area contributed by atoms with Gasteiger partial charge in [0.2, 0.25) is 0 Å². The molecule has 3 aromatic carbocycles. The molecule has 1 unspecified atom stereocenters. The summed E-state index contributed by atoms with van der Waals surface area (Å²) in [6.07, 6.45) is 7.57. The van der Waals surface area contributed by atoms with Crippen LogP contribution in [0.15, 0.2) is 108 Å². The Labute approximate surface area is 270 Å². The molecule has 5 rings (SSSR count). The van der Waals surface area contributed by atoms with Gasteiger partial charge >= 0.3 is 0 Å². The predicted molar refractivity (Wildman–Crippen MR) is 184 cm³/mol. The van der Waals surface area contributed by atoms with Crippen molar-refractivity contribution in [1.82, 2.24) is 15.3 Å². The lowest BCUT2D eigenvalue weighted by Gasteiger charge is -2.12. The van der Waals surface area contributed by atoms with E-state index >= 15 is 0 Å². The average Bonchev–Trinajstić information content (AvgIpc) is 3.54. The molecule has 0 aliphatic carbocycles. The molecule has 0 spiro atoms. The van der Waals surface area contributed by atoms with Gasteiger partial charge in [-0.1, -0.05) is 99.0 Å². The van der Waals surface area contributed by atoms with Gasteiger partial charge in [-0.2, -0.15) is 8.42 Å². The third kappa shape index (κ3) is 9.08. The molecule has 0 aliphatic rings.